The zero-order chi connectivity index (χ0) is 16.4. The molecule has 1 aromatic heterocycles. The molecule has 0 spiro atoms. The van der Waals surface area contributed by atoms with Gasteiger partial charge in [0.2, 0.25) is 5.88 Å². The molecule has 2 nitrogen and oxygen atoms in total. The van der Waals surface area contributed by atoms with Gasteiger partial charge in [0, 0.05) is 11.8 Å². The molecule has 1 heterocycles. The number of pyridine rings is 1. The van der Waals surface area contributed by atoms with Gasteiger partial charge in [0.05, 0.1) is 5.02 Å². The van der Waals surface area contributed by atoms with Crippen LogP contribution in [-0.2, 0) is 19.3 Å². The summed E-state index contributed by atoms with van der Waals surface area (Å²) in [6, 6.07) is 6.13. The van der Waals surface area contributed by atoms with Crippen LogP contribution in [0.1, 0.15) is 48.9 Å². The molecule has 23 heavy (non-hydrogen) atoms. The lowest BCUT2D eigenvalue weighted by Gasteiger charge is -2.15. The zero-order valence-corrected chi connectivity index (χ0v) is 14.9. The van der Waals surface area contributed by atoms with Crippen molar-refractivity contribution < 1.29 is 4.74 Å². The Kier molecular flexibility index (Phi) is 4.91. The fraction of sp³-hybridized carbons (Fsp3) is 0.450. The maximum Gasteiger partial charge on any atom is 0.222 e. The molecule has 1 aromatic carbocycles. The normalized spacial score (nSPS) is 14.1. The smallest absolute Gasteiger partial charge is 0.222 e. The molecule has 122 valence electrons. The van der Waals surface area contributed by atoms with E-state index in [0.29, 0.717) is 16.7 Å². The Morgan fingerprint density at radius 2 is 2.00 bits per heavy atom. The maximum absolute atomic E-state index is 6.41. The van der Waals surface area contributed by atoms with E-state index in [4.69, 9.17) is 16.3 Å². The van der Waals surface area contributed by atoms with Crippen LogP contribution in [-0.4, -0.2) is 4.98 Å². The minimum atomic E-state index is 0.663. The van der Waals surface area contributed by atoms with Gasteiger partial charge in [-0.3, -0.25) is 0 Å². The van der Waals surface area contributed by atoms with Gasteiger partial charge in [0.25, 0.3) is 0 Å². The number of benzene rings is 1. The molecular formula is C20H24ClNO. The second kappa shape index (κ2) is 6.92. The van der Waals surface area contributed by atoms with E-state index >= 15 is 0 Å². The lowest BCUT2D eigenvalue weighted by atomic mass is 10.0. The van der Waals surface area contributed by atoms with E-state index in [1.54, 1.807) is 0 Å². The number of nitrogens with zero attached hydrogens (tertiary/aromatic N) is 1. The lowest BCUT2D eigenvalue weighted by molar-refractivity contribution is 0.457. The van der Waals surface area contributed by atoms with E-state index in [-0.39, 0.29) is 0 Å². The first-order valence-corrected chi connectivity index (χ1v) is 8.93. The molecule has 0 N–H and O–H groups in total. The van der Waals surface area contributed by atoms with Crippen LogP contribution in [0.3, 0.4) is 0 Å². The minimum Gasteiger partial charge on any atom is -0.437 e. The van der Waals surface area contributed by atoms with Gasteiger partial charge in [-0.1, -0.05) is 31.5 Å². The topological polar surface area (TPSA) is 22.1 Å². The van der Waals surface area contributed by atoms with E-state index in [9.17, 15) is 0 Å². The Morgan fingerprint density at radius 3 is 2.61 bits per heavy atom. The first-order valence-electron chi connectivity index (χ1n) is 8.56. The highest BCUT2D eigenvalue weighted by molar-refractivity contribution is 6.32. The van der Waals surface area contributed by atoms with Crippen molar-refractivity contribution >= 4 is 11.6 Å². The molecule has 1 aliphatic carbocycles. The fourth-order valence-electron chi connectivity index (χ4n) is 3.09. The molecule has 1 fully saturated rings. The average Bonchev–Trinajstić information content (AvgIpc) is 3.35. The van der Waals surface area contributed by atoms with E-state index in [0.717, 1.165) is 30.7 Å². The van der Waals surface area contributed by atoms with E-state index in [1.165, 1.54) is 29.5 Å². The first-order chi connectivity index (χ1) is 11.1. The summed E-state index contributed by atoms with van der Waals surface area (Å²) >= 11 is 6.41. The summed E-state index contributed by atoms with van der Waals surface area (Å²) in [5.41, 5.74) is 5.04. The number of rotatable bonds is 6. The van der Waals surface area contributed by atoms with Gasteiger partial charge in [-0.2, -0.15) is 0 Å². The molecule has 3 heteroatoms. The highest BCUT2D eigenvalue weighted by Gasteiger charge is 2.22. The number of aromatic nitrogens is 1. The van der Waals surface area contributed by atoms with Crippen LogP contribution in [0.4, 0.5) is 0 Å². The number of hydrogen-bond acceptors (Lipinski definition) is 2. The molecule has 3 rings (SSSR count). The van der Waals surface area contributed by atoms with Crippen molar-refractivity contribution in [2.45, 2.75) is 52.9 Å². The minimum absolute atomic E-state index is 0.663. The maximum atomic E-state index is 6.41. The molecule has 0 bridgehead atoms. The number of halogens is 1. The molecule has 0 unspecified atom stereocenters. The summed E-state index contributed by atoms with van der Waals surface area (Å²) in [5.74, 6) is 2.21. The molecule has 0 atom stereocenters. The monoisotopic (exact) mass is 329 g/mol. The van der Waals surface area contributed by atoms with Crippen molar-refractivity contribution in [3.63, 3.8) is 0 Å². The van der Waals surface area contributed by atoms with Crippen molar-refractivity contribution in [1.82, 2.24) is 4.98 Å². The summed E-state index contributed by atoms with van der Waals surface area (Å²) < 4.78 is 6.01. The van der Waals surface area contributed by atoms with Gasteiger partial charge in [0.1, 0.15) is 5.75 Å². The standard InChI is InChI=1S/C20H24ClNO/c1-4-16-12-22-20(13(3)17(16)5-2)23-19-9-8-15(11-18(19)21)10-14-6-7-14/h8-9,11-12,14H,4-7,10H2,1-3H3. The predicted octanol–water partition coefficient (Wildman–Crippen LogP) is 5.91. The number of aryl methyl sites for hydroxylation is 1. The first kappa shape index (κ1) is 16.3. The van der Waals surface area contributed by atoms with Gasteiger partial charge in [-0.05, 0) is 73.8 Å². The Labute approximate surface area is 143 Å². The van der Waals surface area contributed by atoms with Crippen LogP contribution in [0.2, 0.25) is 5.02 Å². The second-order valence-corrected chi connectivity index (χ2v) is 6.82. The van der Waals surface area contributed by atoms with Crippen molar-refractivity contribution in [1.29, 1.82) is 0 Å². The summed E-state index contributed by atoms with van der Waals surface area (Å²) in [6.07, 6.45) is 7.74. The van der Waals surface area contributed by atoms with Crippen molar-refractivity contribution in [2.75, 3.05) is 0 Å². The van der Waals surface area contributed by atoms with Crippen LogP contribution >= 0.6 is 11.6 Å². The van der Waals surface area contributed by atoms with Crippen LogP contribution in [0.5, 0.6) is 11.6 Å². The van der Waals surface area contributed by atoms with Crippen LogP contribution < -0.4 is 4.74 Å². The van der Waals surface area contributed by atoms with Crippen molar-refractivity contribution in [3.8, 4) is 11.6 Å². The Balaban J connectivity index is 1.83. The second-order valence-electron chi connectivity index (χ2n) is 6.41. The van der Waals surface area contributed by atoms with Crippen molar-refractivity contribution in [3.05, 3.63) is 51.7 Å². The van der Waals surface area contributed by atoms with E-state index < -0.39 is 0 Å². The van der Waals surface area contributed by atoms with E-state index in [1.807, 2.05) is 18.3 Å². The van der Waals surface area contributed by atoms with Crippen LogP contribution in [0.15, 0.2) is 24.4 Å². The molecule has 1 aliphatic rings. The molecular weight excluding hydrogens is 306 g/mol. The summed E-state index contributed by atoms with van der Waals surface area (Å²) in [5, 5.41) is 0.668. The Bertz CT molecular complexity index is 707. The number of ether oxygens (including phenoxy) is 1. The Hall–Kier alpha value is -1.54. The zero-order valence-electron chi connectivity index (χ0n) is 14.2. The fourth-order valence-corrected chi connectivity index (χ4v) is 3.34. The predicted molar refractivity (Wildman–Crippen MR) is 95.7 cm³/mol. The van der Waals surface area contributed by atoms with Gasteiger partial charge >= 0.3 is 0 Å². The highest BCUT2D eigenvalue weighted by Crippen LogP contribution is 2.36. The van der Waals surface area contributed by atoms with Gasteiger partial charge in [-0.25, -0.2) is 4.98 Å². The molecule has 0 radical (unpaired) electrons. The van der Waals surface area contributed by atoms with Gasteiger partial charge in [-0.15, -0.1) is 0 Å². The third kappa shape index (κ3) is 3.69. The average molecular weight is 330 g/mol. The highest BCUT2D eigenvalue weighted by atomic mass is 35.5. The summed E-state index contributed by atoms with van der Waals surface area (Å²) in [7, 11) is 0. The quantitative estimate of drug-likeness (QED) is 0.657. The third-order valence-corrected chi connectivity index (χ3v) is 4.95. The van der Waals surface area contributed by atoms with Gasteiger partial charge in [0.15, 0.2) is 0 Å². The molecule has 2 aromatic rings. The molecule has 0 aliphatic heterocycles. The summed E-state index contributed by atoms with van der Waals surface area (Å²) in [6.45, 7) is 6.41. The van der Waals surface area contributed by atoms with Crippen LogP contribution in [0.25, 0.3) is 0 Å². The SMILES string of the molecule is CCc1cnc(Oc2ccc(CC3CC3)cc2Cl)c(C)c1CC. The van der Waals surface area contributed by atoms with Crippen molar-refractivity contribution in [2.24, 2.45) is 5.92 Å². The molecule has 0 amide bonds. The summed E-state index contributed by atoms with van der Waals surface area (Å²) in [4.78, 5) is 4.49. The molecule has 0 saturated heterocycles. The van der Waals surface area contributed by atoms with Crippen LogP contribution in [0, 0.1) is 12.8 Å². The van der Waals surface area contributed by atoms with E-state index in [2.05, 4.69) is 31.8 Å². The Morgan fingerprint density at radius 1 is 1.22 bits per heavy atom. The lowest BCUT2D eigenvalue weighted by Crippen LogP contribution is -2.01. The largest absolute Gasteiger partial charge is 0.437 e. The van der Waals surface area contributed by atoms with Gasteiger partial charge < -0.3 is 4.74 Å². The molecule has 1 saturated carbocycles. The number of hydrogen-bond donors (Lipinski definition) is 0. The third-order valence-electron chi connectivity index (χ3n) is 4.66.